The molecule has 0 unspecified atom stereocenters. The van der Waals surface area contributed by atoms with Crippen molar-refractivity contribution in [3.05, 3.63) is 155 Å². The van der Waals surface area contributed by atoms with Gasteiger partial charge in [-0.1, -0.05) is 109 Å². The third kappa shape index (κ3) is 2.73. The molecule has 2 heteroatoms. The fourth-order valence-electron chi connectivity index (χ4n) is 7.09. The summed E-state index contributed by atoms with van der Waals surface area (Å²) in [6, 6.07) is 45.7. The molecule has 0 saturated carbocycles. The third-order valence-electron chi connectivity index (χ3n) is 8.83. The van der Waals surface area contributed by atoms with E-state index >= 15 is 0 Å². The summed E-state index contributed by atoms with van der Waals surface area (Å²) < 4.78 is 13.1. The Morgan fingerprint density at radius 2 is 0.900 bits per heavy atom. The Morgan fingerprint density at radius 1 is 0.400 bits per heavy atom. The fourth-order valence-corrected chi connectivity index (χ4v) is 7.09. The largest absolute Gasteiger partial charge is 0.449 e. The molecule has 188 valence electrons. The predicted octanol–water partition coefficient (Wildman–Crippen LogP) is 9.90. The summed E-state index contributed by atoms with van der Waals surface area (Å²) in [4.78, 5) is 0. The van der Waals surface area contributed by atoms with Gasteiger partial charge in [0.25, 0.3) is 0 Å². The third-order valence-corrected chi connectivity index (χ3v) is 8.83. The van der Waals surface area contributed by atoms with Gasteiger partial charge in [-0.3, -0.25) is 0 Å². The molecule has 0 aromatic heterocycles. The van der Waals surface area contributed by atoms with E-state index in [1.165, 1.54) is 50.1 Å². The summed E-state index contributed by atoms with van der Waals surface area (Å²) >= 11 is 0. The lowest BCUT2D eigenvalue weighted by molar-refractivity contribution is 0.359. The van der Waals surface area contributed by atoms with Gasteiger partial charge in [0.05, 0.1) is 5.41 Å². The van der Waals surface area contributed by atoms with E-state index in [0.717, 1.165) is 34.1 Å². The topological polar surface area (TPSA) is 18.5 Å². The molecule has 0 amide bonds. The van der Waals surface area contributed by atoms with Crippen LogP contribution in [0.2, 0.25) is 0 Å². The van der Waals surface area contributed by atoms with E-state index in [0.29, 0.717) is 0 Å². The first-order valence-corrected chi connectivity index (χ1v) is 13.8. The van der Waals surface area contributed by atoms with E-state index in [1.807, 2.05) is 6.07 Å². The fraction of sp³-hybridized carbons (Fsp3) is 0.0526. The Morgan fingerprint density at radius 3 is 1.55 bits per heavy atom. The molecule has 2 nitrogen and oxygen atoms in total. The number of hydrogen-bond acceptors (Lipinski definition) is 2. The van der Waals surface area contributed by atoms with E-state index in [-0.39, 0.29) is 0 Å². The molecule has 0 fully saturated rings. The second-order valence-electron chi connectivity index (χ2n) is 11.0. The average Bonchev–Trinajstić information content (AvgIpc) is 3.46. The number of hydrogen-bond donors (Lipinski definition) is 0. The van der Waals surface area contributed by atoms with E-state index in [9.17, 15) is 0 Å². The molecule has 1 aliphatic heterocycles. The normalized spacial score (nSPS) is 14.2. The molecule has 0 radical (unpaired) electrons. The summed E-state index contributed by atoms with van der Waals surface area (Å²) in [6.07, 6.45) is 0. The molecule has 0 N–H and O–H groups in total. The van der Waals surface area contributed by atoms with Crippen molar-refractivity contribution < 1.29 is 9.47 Å². The van der Waals surface area contributed by atoms with Crippen LogP contribution in [0.25, 0.3) is 33.4 Å². The summed E-state index contributed by atoms with van der Waals surface area (Å²) in [7, 11) is 0. The Bertz CT molecular complexity index is 1970. The van der Waals surface area contributed by atoms with Crippen LogP contribution in [0.4, 0.5) is 0 Å². The summed E-state index contributed by atoms with van der Waals surface area (Å²) in [5.41, 5.74) is 13.3. The molecule has 9 rings (SSSR count). The van der Waals surface area contributed by atoms with Crippen LogP contribution >= 0.6 is 0 Å². The van der Waals surface area contributed by atoms with Crippen LogP contribution in [0.15, 0.2) is 127 Å². The van der Waals surface area contributed by atoms with E-state index in [2.05, 4.69) is 128 Å². The van der Waals surface area contributed by atoms with Crippen molar-refractivity contribution in [1.29, 1.82) is 0 Å². The minimum atomic E-state index is -0.401. The van der Waals surface area contributed by atoms with Crippen LogP contribution in [0.1, 0.15) is 27.8 Å². The zero-order valence-corrected chi connectivity index (χ0v) is 21.9. The highest BCUT2D eigenvalue weighted by Gasteiger charge is 2.52. The van der Waals surface area contributed by atoms with Crippen LogP contribution in [0, 0.1) is 6.92 Å². The highest BCUT2D eigenvalue weighted by atomic mass is 16.6. The molecule has 6 aromatic carbocycles. The van der Waals surface area contributed by atoms with Crippen molar-refractivity contribution in [2.24, 2.45) is 0 Å². The Hall–Kier alpha value is -5.08. The summed E-state index contributed by atoms with van der Waals surface area (Å²) in [6.45, 7) is 2.11. The number of aryl methyl sites for hydroxylation is 1. The first-order chi connectivity index (χ1) is 19.7. The van der Waals surface area contributed by atoms with Gasteiger partial charge in [0, 0.05) is 0 Å². The molecule has 1 heterocycles. The highest BCUT2D eigenvalue weighted by molar-refractivity contribution is 5.95. The smallest absolute Gasteiger partial charge is 0.170 e. The first-order valence-electron chi connectivity index (χ1n) is 13.8. The van der Waals surface area contributed by atoms with Gasteiger partial charge in [-0.2, -0.15) is 0 Å². The van der Waals surface area contributed by atoms with Crippen molar-refractivity contribution in [2.75, 3.05) is 0 Å². The Labute approximate surface area is 233 Å². The zero-order chi connectivity index (χ0) is 26.4. The zero-order valence-electron chi connectivity index (χ0n) is 21.9. The molecule has 1 spiro atoms. The molecule has 3 aliphatic rings. The van der Waals surface area contributed by atoms with E-state index in [1.54, 1.807) is 0 Å². The maximum Gasteiger partial charge on any atom is 0.170 e. The predicted molar refractivity (Wildman–Crippen MR) is 160 cm³/mol. The minimum Gasteiger partial charge on any atom is -0.449 e. The van der Waals surface area contributed by atoms with Crippen LogP contribution in [-0.4, -0.2) is 0 Å². The molecule has 0 bridgehead atoms. The van der Waals surface area contributed by atoms with Gasteiger partial charge in [-0.05, 0) is 86.8 Å². The number of rotatable bonds is 1. The molecule has 0 saturated heterocycles. The van der Waals surface area contributed by atoms with Gasteiger partial charge in [0.15, 0.2) is 23.0 Å². The quantitative estimate of drug-likeness (QED) is 0.218. The molecule has 6 aromatic rings. The van der Waals surface area contributed by atoms with Crippen molar-refractivity contribution in [3.8, 4) is 56.4 Å². The van der Waals surface area contributed by atoms with Gasteiger partial charge in [-0.15, -0.1) is 0 Å². The summed E-state index contributed by atoms with van der Waals surface area (Å²) in [5, 5.41) is 0. The minimum absolute atomic E-state index is 0.401. The lowest BCUT2D eigenvalue weighted by atomic mass is 9.70. The molecule has 0 atom stereocenters. The van der Waals surface area contributed by atoms with Gasteiger partial charge >= 0.3 is 0 Å². The number of fused-ring (bicyclic) bond motifs is 12. The lowest BCUT2D eigenvalue weighted by Crippen LogP contribution is -2.25. The van der Waals surface area contributed by atoms with Gasteiger partial charge < -0.3 is 9.47 Å². The van der Waals surface area contributed by atoms with Crippen molar-refractivity contribution >= 4 is 0 Å². The van der Waals surface area contributed by atoms with Crippen LogP contribution < -0.4 is 9.47 Å². The second kappa shape index (κ2) is 7.74. The number of benzene rings is 6. The standard InChI is InChI=1S/C38H24O2/c1-23-14-16-24(17-15-23)25-18-19-34-35(20-25)40-37-22-33-29(21-36(37)39-34)28-10-4-7-13-32(28)38(33)30-11-5-2-8-26(30)27-9-3-6-12-31(27)38/h2-22H,1H3. The first kappa shape index (κ1) is 21.8. The number of ether oxygens (including phenoxy) is 2. The van der Waals surface area contributed by atoms with Crippen molar-refractivity contribution in [3.63, 3.8) is 0 Å². The second-order valence-corrected chi connectivity index (χ2v) is 11.0. The van der Waals surface area contributed by atoms with E-state index < -0.39 is 5.41 Å². The van der Waals surface area contributed by atoms with Crippen molar-refractivity contribution in [2.45, 2.75) is 12.3 Å². The summed E-state index contributed by atoms with van der Waals surface area (Å²) in [5.74, 6) is 2.98. The van der Waals surface area contributed by atoms with Gasteiger partial charge in [0.2, 0.25) is 0 Å². The molecular weight excluding hydrogens is 488 g/mol. The monoisotopic (exact) mass is 512 g/mol. The van der Waals surface area contributed by atoms with Gasteiger partial charge in [0.1, 0.15) is 0 Å². The molecule has 2 aliphatic carbocycles. The average molecular weight is 513 g/mol. The Kier molecular flexibility index (Phi) is 4.22. The van der Waals surface area contributed by atoms with Crippen LogP contribution in [0.5, 0.6) is 23.0 Å². The van der Waals surface area contributed by atoms with Crippen LogP contribution in [0.3, 0.4) is 0 Å². The van der Waals surface area contributed by atoms with E-state index in [4.69, 9.17) is 9.47 Å². The van der Waals surface area contributed by atoms with Crippen LogP contribution in [-0.2, 0) is 5.41 Å². The van der Waals surface area contributed by atoms with Gasteiger partial charge in [-0.25, -0.2) is 0 Å². The van der Waals surface area contributed by atoms with Crippen molar-refractivity contribution in [1.82, 2.24) is 0 Å². The lowest BCUT2D eigenvalue weighted by Gasteiger charge is -2.31. The highest BCUT2D eigenvalue weighted by Crippen LogP contribution is 2.64. The Balaban J connectivity index is 1.26. The SMILES string of the molecule is Cc1ccc(-c2ccc3c(c2)Oc2cc4c(cc2O3)-c2ccccc2C42c3ccccc3-c3ccccc32)cc1. The molecule has 40 heavy (non-hydrogen) atoms. The maximum atomic E-state index is 6.64. The molecular formula is C38H24O2. The maximum absolute atomic E-state index is 6.64.